The van der Waals surface area contributed by atoms with Gasteiger partial charge < -0.3 is 14.2 Å². The first-order chi connectivity index (χ1) is 16.2. The third kappa shape index (κ3) is 3.53. The van der Waals surface area contributed by atoms with Crippen molar-refractivity contribution in [2.45, 2.75) is 0 Å². The van der Waals surface area contributed by atoms with Crippen LogP contribution in [-0.4, -0.2) is 15.9 Å². The van der Waals surface area contributed by atoms with Crippen LogP contribution in [0, 0.1) is 0 Å². The van der Waals surface area contributed by atoms with E-state index in [0.29, 0.717) is 39.5 Å². The summed E-state index contributed by atoms with van der Waals surface area (Å²) < 4.78 is 11.1. The van der Waals surface area contributed by atoms with E-state index in [1.165, 1.54) is 0 Å². The molecule has 0 spiro atoms. The predicted molar refractivity (Wildman–Crippen MR) is 127 cm³/mol. The van der Waals surface area contributed by atoms with Gasteiger partial charge >= 0.3 is 0 Å². The number of carbonyl (C=O) groups excluding carboxylic acids is 1. The molecule has 0 aliphatic carbocycles. The van der Waals surface area contributed by atoms with E-state index in [4.69, 9.17) is 18.8 Å². The van der Waals surface area contributed by atoms with Gasteiger partial charge in [0.1, 0.15) is 11.4 Å². The summed E-state index contributed by atoms with van der Waals surface area (Å²) in [5.41, 5.74) is 3.59. The second kappa shape index (κ2) is 7.76. The van der Waals surface area contributed by atoms with E-state index in [0.717, 1.165) is 16.5 Å². The van der Waals surface area contributed by atoms with Crippen LogP contribution in [0.15, 0.2) is 106 Å². The molecule has 158 valence electrons. The molecule has 0 bridgehead atoms. The van der Waals surface area contributed by atoms with Gasteiger partial charge in [-0.25, -0.2) is 9.97 Å². The Morgan fingerprint density at radius 1 is 0.667 bits per heavy atom. The molecule has 3 heterocycles. The van der Waals surface area contributed by atoms with Crippen LogP contribution >= 0.6 is 0 Å². The Bertz CT molecular complexity index is 1600. The highest BCUT2D eigenvalue weighted by Gasteiger charge is 2.18. The third-order valence-corrected chi connectivity index (χ3v) is 5.44. The maximum absolute atomic E-state index is 13.0. The van der Waals surface area contributed by atoms with E-state index in [1.54, 1.807) is 42.9 Å². The lowest BCUT2D eigenvalue weighted by atomic mass is 10.1. The van der Waals surface area contributed by atoms with E-state index in [1.807, 2.05) is 54.6 Å². The fourth-order valence-corrected chi connectivity index (χ4v) is 3.84. The van der Waals surface area contributed by atoms with E-state index in [9.17, 15) is 4.79 Å². The number of hydrogen-bond acceptors (Lipinski definition) is 5. The Morgan fingerprint density at radius 3 is 2.06 bits per heavy atom. The summed E-state index contributed by atoms with van der Waals surface area (Å²) in [6, 6.07) is 26.4. The molecule has 6 heteroatoms. The molecule has 33 heavy (non-hydrogen) atoms. The lowest BCUT2D eigenvalue weighted by Crippen LogP contribution is -2.12. The first kappa shape index (κ1) is 19.0. The van der Waals surface area contributed by atoms with E-state index in [2.05, 4.69) is 5.32 Å². The van der Waals surface area contributed by atoms with Crippen molar-refractivity contribution in [2.24, 2.45) is 0 Å². The number of hydrogen-bond donors (Lipinski definition) is 1. The van der Waals surface area contributed by atoms with Crippen LogP contribution in [-0.2, 0) is 0 Å². The van der Waals surface area contributed by atoms with Crippen molar-refractivity contribution in [3.63, 3.8) is 0 Å². The maximum atomic E-state index is 13.0. The van der Waals surface area contributed by atoms with Crippen molar-refractivity contribution in [3.8, 4) is 22.9 Å². The smallest absolute Gasteiger partial charge is 0.255 e. The minimum absolute atomic E-state index is 0.219. The van der Waals surface area contributed by atoms with Crippen LogP contribution in [0.4, 0.5) is 5.69 Å². The molecule has 6 aromatic rings. The predicted octanol–water partition coefficient (Wildman–Crippen LogP) is 6.56. The molecule has 0 fully saturated rings. The zero-order valence-electron chi connectivity index (χ0n) is 17.4. The summed E-state index contributed by atoms with van der Waals surface area (Å²) in [6.07, 6.45) is 3.17. The molecule has 6 rings (SSSR count). The molecular formula is C27H17N3O3. The number of amides is 1. The number of furan rings is 2. The lowest BCUT2D eigenvalue weighted by molar-refractivity contribution is 0.102. The molecule has 3 aromatic heterocycles. The lowest BCUT2D eigenvalue weighted by Gasteiger charge is -2.09. The number of fused-ring (bicyclic) bond motifs is 2. The molecule has 1 amide bonds. The molecule has 1 N–H and O–H groups in total. The molecule has 0 aliphatic rings. The topological polar surface area (TPSA) is 81.2 Å². The number of rotatable bonds is 4. The number of carbonyl (C=O) groups is 1. The van der Waals surface area contributed by atoms with Crippen LogP contribution in [0.3, 0.4) is 0 Å². The van der Waals surface area contributed by atoms with Gasteiger partial charge in [-0.2, -0.15) is 0 Å². The van der Waals surface area contributed by atoms with Crippen LogP contribution < -0.4 is 5.32 Å². The first-order valence-electron chi connectivity index (χ1n) is 10.4. The first-order valence-corrected chi connectivity index (χ1v) is 10.4. The summed E-state index contributed by atoms with van der Waals surface area (Å²) in [5.74, 6) is 0.944. The van der Waals surface area contributed by atoms with Gasteiger partial charge in [0.05, 0.1) is 23.6 Å². The summed E-state index contributed by atoms with van der Waals surface area (Å²) in [4.78, 5) is 22.5. The summed E-state index contributed by atoms with van der Waals surface area (Å²) >= 11 is 0. The number of nitrogens with zero attached hydrogens (tertiary/aromatic N) is 2. The highest BCUT2D eigenvalue weighted by molar-refractivity contribution is 6.07. The fraction of sp³-hybridized carbons (Fsp3) is 0. The van der Waals surface area contributed by atoms with E-state index < -0.39 is 0 Å². The Kier molecular flexibility index (Phi) is 4.47. The number of aromatic nitrogens is 2. The largest absolute Gasteiger partial charge is 0.463 e. The Hall–Kier alpha value is -4.71. The van der Waals surface area contributed by atoms with Gasteiger partial charge in [0.2, 0.25) is 0 Å². The fourth-order valence-electron chi connectivity index (χ4n) is 3.84. The van der Waals surface area contributed by atoms with E-state index >= 15 is 0 Å². The quantitative estimate of drug-likeness (QED) is 0.342. The zero-order valence-corrected chi connectivity index (χ0v) is 17.4. The second-order valence-corrected chi connectivity index (χ2v) is 7.59. The number of anilines is 1. The monoisotopic (exact) mass is 431 g/mol. The molecule has 3 aromatic carbocycles. The van der Waals surface area contributed by atoms with Crippen LogP contribution in [0.5, 0.6) is 0 Å². The third-order valence-electron chi connectivity index (χ3n) is 5.44. The van der Waals surface area contributed by atoms with Gasteiger partial charge in [0.15, 0.2) is 11.5 Å². The normalized spacial score (nSPS) is 11.2. The molecule has 0 unspecified atom stereocenters. The van der Waals surface area contributed by atoms with Gasteiger partial charge in [0, 0.05) is 11.3 Å². The standard InChI is InChI=1S/C27H17N3O3/c31-27(28-20-11-9-17-5-1-2-6-18(17)15-20)19-10-12-21-22(16-19)30-26(24-8-4-14-33-24)25(29-21)23-7-3-13-32-23/h1-16H,(H,28,31). The molecular weight excluding hydrogens is 414 g/mol. The zero-order chi connectivity index (χ0) is 22.2. The molecule has 6 nitrogen and oxygen atoms in total. The minimum atomic E-state index is -0.219. The summed E-state index contributed by atoms with van der Waals surface area (Å²) in [7, 11) is 0. The van der Waals surface area contributed by atoms with Crippen molar-refractivity contribution in [1.29, 1.82) is 0 Å². The summed E-state index contributed by atoms with van der Waals surface area (Å²) in [5, 5.41) is 5.15. The van der Waals surface area contributed by atoms with E-state index in [-0.39, 0.29) is 5.91 Å². The molecule has 0 aliphatic heterocycles. The second-order valence-electron chi connectivity index (χ2n) is 7.59. The van der Waals surface area contributed by atoms with Gasteiger partial charge in [-0.05, 0) is 65.4 Å². The average Bonchev–Trinajstić information content (AvgIpc) is 3.57. The Labute approximate surface area is 188 Å². The van der Waals surface area contributed by atoms with Crippen LogP contribution in [0.1, 0.15) is 10.4 Å². The Balaban J connectivity index is 1.38. The van der Waals surface area contributed by atoms with Crippen molar-refractivity contribution in [3.05, 3.63) is 103 Å². The molecule has 0 atom stereocenters. The minimum Gasteiger partial charge on any atom is -0.463 e. The van der Waals surface area contributed by atoms with Crippen molar-refractivity contribution >= 4 is 33.4 Å². The summed E-state index contributed by atoms with van der Waals surface area (Å²) in [6.45, 7) is 0. The van der Waals surface area contributed by atoms with Crippen molar-refractivity contribution < 1.29 is 13.6 Å². The highest BCUT2D eigenvalue weighted by atomic mass is 16.3. The van der Waals surface area contributed by atoms with Gasteiger partial charge in [-0.3, -0.25) is 4.79 Å². The van der Waals surface area contributed by atoms with Gasteiger partial charge in [-0.1, -0.05) is 30.3 Å². The maximum Gasteiger partial charge on any atom is 0.255 e. The van der Waals surface area contributed by atoms with Crippen molar-refractivity contribution in [2.75, 3.05) is 5.32 Å². The van der Waals surface area contributed by atoms with Crippen LogP contribution in [0.2, 0.25) is 0 Å². The number of benzene rings is 3. The van der Waals surface area contributed by atoms with Gasteiger partial charge in [0.25, 0.3) is 5.91 Å². The molecule has 0 saturated carbocycles. The van der Waals surface area contributed by atoms with Gasteiger partial charge in [-0.15, -0.1) is 0 Å². The van der Waals surface area contributed by atoms with Crippen molar-refractivity contribution in [1.82, 2.24) is 9.97 Å². The SMILES string of the molecule is O=C(Nc1ccc2ccccc2c1)c1ccc2nc(-c3ccco3)c(-c3ccco3)nc2c1. The average molecular weight is 431 g/mol. The molecule has 0 radical (unpaired) electrons. The number of nitrogens with one attached hydrogen (secondary N) is 1. The molecule has 0 saturated heterocycles. The highest BCUT2D eigenvalue weighted by Crippen LogP contribution is 2.31. The van der Waals surface area contributed by atoms with Crippen LogP contribution in [0.25, 0.3) is 44.7 Å². The Morgan fingerprint density at radius 2 is 1.36 bits per heavy atom.